The van der Waals surface area contributed by atoms with Gasteiger partial charge in [-0.3, -0.25) is 24.5 Å². The Morgan fingerprint density at radius 2 is 2.09 bits per heavy atom. The molecule has 2 rings (SSSR count). The van der Waals surface area contributed by atoms with Crippen LogP contribution < -0.4 is 5.32 Å². The Morgan fingerprint density at radius 1 is 1.41 bits per heavy atom. The third-order valence-corrected chi connectivity index (χ3v) is 3.79. The Morgan fingerprint density at radius 3 is 2.68 bits per heavy atom. The highest BCUT2D eigenvalue weighted by molar-refractivity contribution is 6.06. The molecule has 1 N–H and O–H groups in total. The van der Waals surface area contributed by atoms with Crippen LogP contribution in [-0.4, -0.2) is 42.0 Å². The van der Waals surface area contributed by atoms with Crippen molar-refractivity contribution in [1.29, 1.82) is 0 Å². The van der Waals surface area contributed by atoms with E-state index in [0.717, 1.165) is 6.07 Å². The van der Waals surface area contributed by atoms with Crippen LogP contribution in [0.15, 0.2) is 12.1 Å². The van der Waals surface area contributed by atoms with Gasteiger partial charge in [0.1, 0.15) is 11.9 Å². The number of benzene rings is 1. The molecule has 1 fully saturated rings. The van der Waals surface area contributed by atoms with Crippen molar-refractivity contribution < 1.29 is 23.6 Å². The number of rotatable bonds is 3. The van der Waals surface area contributed by atoms with Crippen molar-refractivity contribution in [3.05, 3.63) is 34.6 Å². The minimum atomic E-state index is -0.796. The molecule has 1 aromatic rings. The average molecular weight is 306 g/mol. The summed E-state index contributed by atoms with van der Waals surface area (Å²) in [6, 6.07) is 1.53. The summed E-state index contributed by atoms with van der Waals surface area (Å²) in [7, 11) is 1.41. The molecule has 6 nitrogen and oxygen atoms in total. The van der Waals surface area contributed by atoms with Crippen molar-refractivity contribution in [3.63, 3.8) is 0 Å². The van der Waals surface area contributed by atoms with E-state index in [1.54, 1.807) is 0 Å². The molecule has 0 radical (unpaired) electrons. The lowest BCUT2D eigenvalue weighted by Gasteiger charge is -2.30. The third kappa shape index (κ3) is 2.74. The maximum absolute atomic E-state index is 13.5. The fourth-order valence-electron chi connectivity index (χ4n) is 2.42. The minimum Gasteiger partial charge on any atom is -0.330 e. The van der Waals surface area contributed by atoms with Gasteiger partial charge in [-0.25, -0.2) is 4.39 Å². The zero-order valence-electron chi connectivity index (χ0n) is 12.2. The van der Waals surface area contributed by atoms with Crippen LogP contribution in [0.3, 0.4) is 0 Å². The molecule has 1 heterocycles. The van der Waals surface area contributed by atoms with Crippen LogP contribution in [0.2, 0.25) is 0 Å². The number of piperidine rings is 1. The number of carbonyl (C=O) groups excluding carboxylic acids is 4. The van der Waals surface area contributed by atoms with Crippen LogP contribution in [0, 0.1) is 12.7 Å². The van der Waals surface area contributed by atoms with Gasteiger partial charge in [0.25, 0.3) is 5.91 Å². The van der Waals surface area contributed by atoms with Gasteiger partial charge in [0.05, 0.1) is 5.56 Å². The lowest BCUT2D eigenvalue weighted by molar-refractivity contribution is -0.136. The van der Waals surface area contributed by atoms with E-state index < -0.39 is 23.7 Å². The van der Waals surface area contributed by atoms with Gasteiger partial charge in [0.2, 0.25) is 11.8 Å². The summed E-state index contributed by atoms with van der Waals surface area (Å²) in [6.07, 6.45) is 0.768. The van der Waals surface area contributed by atoms with Crippen molar-refractivity contribution in [2.45, 2.75) is 25.8 Å². The molecule has 1 aliphatic rings. The van der Waals surface area contributed by atoms with Gasteiger partial charge in [-0.05, 0) is 31.0 Å². The van der Waals surface area contributed by atoms with Crippen LogP contribution in [0.5, 0.6) is 0 Å². The van der Waals surface area contributed by atoms with E-state index in [2.05, 4.69) is 5.32 Å². The number of hydrogen-bond acceptors (Lipinski definition) is 4. The van der Waals surface area contributed by atoms with Crippen molar-refractivity contribution >= 4 is 24.0 Å². The quantitative estimate of drug-likeness (QED) is 0.662. The van der Waals surface area contributed by atoms with Gasteiger partial charge in [-0.1, -0.05) is 0 Å². The van der Waals surface area contributed by atoms with Gasteiger partial charge >= 0.3 is 0 Å². The zero-order valence-corrected chi connectivity index (χ0v) is 12.2. The molecule has 116 valence electrons. The first-order valence-corrected chi connectivity index (χ1v) is 6.72. The molecule has 22 heavy (non-hydrogen) atoms. The second kappa shape index (κ2) is 6.05. The van der Waals surface area contributed by atoms with E-state index >= 15 is 0 Å². The number of imide groups is 1. The first-order valence-electron chi connectivity index (χ1n) is 6.72. The molecule has 7 heteroatoms. The second-order valence-corrected chi connectivity index (χ2v) is 5.13. The Balaban J connectivity index is 2.32. The fourth-order valence-corrected chi connectivity index (χ4v) is 2.42. The molecule has 1 aromatic carbocycles. The number of aldehydes is 1. The average Bonchev–Trinajstić information content (AvgIpc) is 2.48. The van der Waals surface area contributed by atoms with E-state index in [1.165, 1.54) is 24.9 Å². The SMILES string of the molecule is Cc1c(F)ccc(C(=O)N(C)C2CCC(=O)NC2=O)c1C=O. The van der Waals surface area contributed by atoms with Gasteiger partial charge in [-0.15, -0.1) is 0 Å². The zero-order chi connectivity index (χ0) is 16.4. The highest BCUT2D eigenvalue weighted by Gasteiger charge is 2.33. The summed E-state index contributed by atoms with van der Waals surface area (Å²) in [6.45, 7) is 1.40. The highest BCUT2D eigenvalue weighted by atomic mass is 19.1. The predicted octanol–water partition coefficient (Wildman–Crippen LogP) is 0.824. The molecule has 1 atom stereocenters. The Bertz CT molecular complexity index is 672. The van der Waals surface area contributed by atoms with E-state index in [1.807, 2.05) is 0 Å². The number of nitrogens with zero attached hydrogens (tertiary/aromatic N) is 1. The topological polar surface area (TPSA) is 83.6 Å². The molecular weight excluding hydrogens is 291 g/mol. The predicted molar refractivity (Wildman–Crippen MR) is 74.8 cm³/mol. The number of likely N-dealkylation sites (N-methyl/N-ethyl adjacent to an activating group) is 1. The number of amides is 3. The fraction of sp³-hybridized carbons (Fsp3) is 0.333. The molecular formula is C15H15FN2O4. The molecule has 0 spiro atoms. The highest BCUT2D eigenvalue weighted by Crippen LogP contribution is 2.20. The number of hydrogen-bond donors (Lipinski definition) is 1. The molecule has 0 saturated carbocycles. The first-order chi connectivity index (χ1) is 10.4. The lowest BCUT2D eigenvalue weighted by Crippen LogP contribution is -2.53. The van der Waals surface area contributed by atoms with Crippen molar-refractivity contribution in [3.8, 4) is 0 Å². The summed E-state index contributed by atoms with van der Waals surface area (Å²) in [5, 5.41) is 2.16. The van der Waals surface area contributed by atoms with E-state index in [4.69, 9.17) is 0 Å². The number of halogens is 1. The molecule has 0 aliphatic carbocycles. The van der Waals surface area contributed by atoms with Gasteiger partial charge in [0.15, 0.2) is 6.29 Å². The first kappa shape index (κ1) is 15.8. The summed E-state index contributed by atoms with van der Waals surface area (Å²) >= 11 is 0. The smallest absolute Gasteiger partial charge is 0.255 e. The van der Waals surface area contributed by atoms with E-state index in [9.17, 15) is 23.6 Å². The maximum Gasteiger partial charge on any atom is 0.255 e. The summed E-state index contributed by atoms with van der Waals surface area (Å²) in [4.78, 5) is 47.8. The standard InChI is InChI=1S/C15H15FN2O4/c1-8-10(7-19)9(3-4-11(8)16)15(22)18(2)12-5-6-13(20)17-14(12)21/h3-4,7,12H,5-6H2,1-2H3,(H,17,20,21). The largest absolute Gasteiger partial charge is 0.330 e. The maximum atomic E-state index is 13.5. The van der Waals surface area contributed by atoms with Gasteiger partial charge < -0.3 is 4.90 Å². The lowest BCUT2D eigenvalue weighted by atomic mass is 9.99. The van der Waals surface area contributed by atoms with E-state index in [0.29, 0.717) is 6.29 Å². The molecule has 3 amide bonds. The van der Waals surface area contributed by atoms with Crippen molar-refractivity contribution in [2.24, 2.45) is 0 Å². The second-order valence-electron chi connectivity index (χ2n) is 5.13. The molecule has 0 aromatic heterocycles. The van der Waals surface area contributed by atoms with Gasteiger partial charge in [0, 0.05) is 19.0 Å². The van der Waals surface area contributed by atoms with Crippen LogP contribution >= 0.6 is 0 Å². The molecule has 1 saturated heterocycles. The summed E-state index contributed by atoms with van der Waals surface area (Å²) in [5.74, 6) is -2.09. The van der Waals surface area contributed by atoms with Crippen molar-refractivity contribution in [2.75, 3.05) is 7.05 Å². The van der Waals surface area contributed by atoms with Crippen LogP contribution in [0.4, 0.5) is 4.39 Å². The van der Waals surface area contributed by atoms with Crippen LogP contribution in [0.1, 0.15) is 39.1 Å². The molecule has 1 aliphatic heterocycles. The normalized spacial score (nSPS) is 17.9. The third-order valence-electron chi connectivity index (χ3n) is 3.79. The monoisotopic (exact) mass is 306 g/mol. The van der Waals surface area contributed by atoms with Gasteiger partial charge in [-0.2, -0.15) is 0 Å². The van der Waals surface area contributed by atoms with E-state index in [-0.39, 0.29) is 35.4 Å². The molecule has 1 unspecified atom stereocenters. The summed E-state index contributed by atoms with van der Waals surface area (Å²) < 4.78 is 13.5. The number of carbonyl (C=O) groups is 4. The number of nitrogens with one attached hydrogen (secondary N) is 1. The Labute approximate surface area is 126 Å². The van der Waals surface area contributed by atoms with Crippen LogP contribution in [0.25, 0.3) is 0 Å². The molecule has 0 bridgehead atoms. The summed E-state index contributed by atoms with van der Waals surface area (Å²) in [5.41, 5.74) is 0.0720. The van der Waals surface area contributed by atoms with Crippen molar-refractivity contribution in [1.82, 2.24) is 10.2 Å². The minimum absolute atomic E-state index is 0.0288. The Hall–Kier alpha value is -2.57. The van der Waals surface area contributed by atoms with Crippen LogP contribution in [-0.2, 0) is 9.59 Å². The Kier molecular flexibility index (Phi) is 4.35.